The number of fused-ring (bicyclic) bond motifs is 3. The fourth-order valence-corrected chi connectivity index (χ4v) is 2.71. The van der Waals surface area contributed by atoms with E-state index in [0.29, 0.717) is 0 Å². The van der Waals surface area contributed by atoms with Crippen LogP contribution >= 0.6 is 0 Å². The fourth-order valence-electron chi connectivity index (χ4n) is 2.71. The highest BCUT2D eigenvalue weighted by Crippen LogP contribution is 2.50. The lowest BCUT2D eigenvalue weighted by Gasteiger charge is -2.28. The van der Waals surface area contributed by atoms with Crippen molar-refractivity contribution >= 4 is 0 Å². The second-order valence-corrected chi connectivity index (χ2v) is 5.60. The quantitative estimate of drug-likeness (QED) is 0.719. The Morgan fingerprint density at radius 1 is 0.941 bits per heavy atom. The molecule has 98 valence electrons. The first kappa shape index (κ1) is 11.8. The summed E-state index contributed by atoms with van der Waals surface area (Å²) in [6.45, 7) is 6.90. The standard InChI is InChI=1S/C11H18O6/c1-9(2)13-6-7-11(5-12,16-8(6)15-9)17-10(3,4)14-7/h6-8,12H,5H2,1-4H3/t6-,7-,8+,11-/m0/s1. The summed E-state index contributed by atoms with van der Waals surface area (Å²) in [5.41, 5.74) is 0. The zero-order valence-electron chi connectivity index (χ0n) is 10.4. The second-order valence-electron chi connectivity index (χ2n) is 5.60. The first-order valence-electron chi connectivity index (χ1n) is 5.79. The number of rotatable bonds is 1. The van der Waals surface area contributed by atoms with E-state index < -0.39 is 29.8 Å². The molecule has 17 heavy (non-hydrogen) atoms. The third kappa shape index (κ3) is 1.63. The van der Waals surface area contributed by atoms with Crippen LogP contribution in [0.15, 0.2) is 0 Å². The summed E-state index contributed by atoms with van der Waals surface area (Å²) in [7, 11) is 0. The predicted molar refractivity (Wildman–Crippen MR) is 54.8 cm³/mol. The molecule has 3 rings (SSSR count). The first-order valence-corrected chi connectivity index (χ1v) is 5.79. The highest BCUT2D eigenvalue weighted by atomic mass is 16.9. The van der Waals surface area contributed by atoms with Crippen molar-refractivity contribution in [2.24, 2.45) is 0 Å². The van der Waals surface area contributed by atoms with Crippen LogP contribution in [0.3, 0.4) is 0 Å². The van der Waals surface area contributed by atoms with Crippen molar-refractivity contribution in [1.82, 2.24) is 0 Å². The third-order valence-corrected chi connectivity index (χ3v) is 3.19. The molecule has 6 heteroatoms. The van der Waals surface area contributed by atoms with Crippen molar-refractivity contribution in [2.45, 2.75) is 63.6 Å². The van der Waals surface area contributed by atoms with Crippen LogP contribution in [0.5, 0.6) is 0 Å². The molecule has 0 spiro atoms. The predicted octanol–water partition coefficient (Wildman–Crippen LogP) is 0.334. The summed E-state index contributed by atoms with van der Waals surface area (Å²) in [6.07, 6.45) is -1.41. The minimum absolute atomic E-state index is 0.290. The Hall–Kier alpha value is -0.240. The molecule has 0 saturated carbocycles. The number of hydrogen-bond donors (Lipinski definition) is 1. The summed E-state index contributed by atoms with van der Waals surface area (Å²) in [5.74, 6) is -2.67. The zero-order chi connectivity index (χ0) is 12.5. The van der Waals surface area contributed by atoms with Gasteiger partial charge < -0.3 is 28.8 Å². The lowest BCUT2D eigenvalue weighted by Crippen LogP contribution is -2.45. The highest BCUT2D eigenvalue weighted by molar-refractivity contribution is 5.03. The molecule has 0 aromatic carbocycles. The molecule has 0 aromatic rings. The smallest absolute Gasteiger partial charge is 0.226 e. The molecule has 3 fully saturated rings. The summed E-state index contributed by atoms with van der Waals surface area (Å²) in [5, 5.41) is 9.50. The van der Waals surface area contributed by atoms with Crippen LogP contribution < -0.4 is 0 Å². The Bertz CT molecular complexity index is 341. The van der Waals surface area contributed by atoms with Gasteiger partial charge in [0, 0.05) is 0 Å². The Morgan fingerprint density at radius 2 is 1.65 bits per heavy atom. The lowest BCUT2D eigenvalue weighted by molar-refractivity contribution is -0.313. The van der Waals surface area contributed by atoms with Gasteiger partial charge in [0.05, 0.1) is 0 Å². The zero-order valence-corrected chi connectivity index (χ0v) is 10.4. The van der Waals surface area contributed by atoms with Crippen LogP contribution in [0.4, 0.5) is 0 Å². The topological polar surface area (TPSA) is 66.4 Å². The van der Waals surface area contributed by atoms with Crippen molar-refractivity contribution in [3.05, 3.63) is 0 Å². The molecule has 0 unspecified atom stereocenters. The Morgan fingerprint density at radius 3 is 2.29 bits per heavy atom. The third-order valence-electron chi connectivity index (χ3n) is 3.19. The van der Waals surface area contributed by atoms with Gasteiger partial charge in [-0.15, -0.1) is 0 Å². The van der Waals surface area contributed by atoms with Crippen molar-refractivity contribution < 1.29 is 28.8 Å². The lowest BCUT2D eigenvalue weighted by atomic mass is 10.1. The molecule has 3 heterocycles. The van der Waals surface area contributed by atoms with E-state index in [1.165, 1.54) is 0 Å². The number of ether oxygens (including phenoxy) is 5. The van der Waals surface area contributed by atoms with Crippen LogP contribution in [-0.2, 0) is 23.7 Å². The van der Waals surface area contributed by atoms with Gasteiger partial charge in [0.2, 0.25) is 5.79 Å². The largest absolute Gasteiger partial charge is 0.391 e. The molecule has 0 bridgehead atoms. The van der Waals surface area contributed by atoms with Crippen LogP contribution in [0.1, 0.15) is 27.7 Å². The number of aliphatic hydroxyl groups is 1. The Labute approximate surface area is 99.7 Å². The number of aliphatic hydroxyl groups excluding tert-OH is 1. The second kappa shape index (κ2) is 3.20. The molecule has 3 aliphatic heterocycles. The average Bonchev–Trinajstić information content (AvgIpc) is 2.68. The number of hydrogen-bond acceptors (Lipinski definition) is 6. The fraction of sp³-hybridized carbons (Fsp3) is 1.00. The molecular weight excluding hydrogens is 228 g/mol. The average molecular weight is 246 g/mol. The molecule has 3 aliphatic rings. The SMILES string of the molecule is CC1(C)O[C@@H]2O[C@@]3(CO)OC(C)(C)O[C@H]3[C@@H]2O1. The molecule has 4 atom stereocenters. The van der Waals surface area contributed by atoms with E-state index in [1.54, 1.807) is 13.8 Å². The van der Waals surface area contributed by atoms with Crippen LogP contribution in [0.25, 0.3) is 0 Å². The summed E-state index contributed by atoms with van der Waals surface area (Å²) >= 11 is 0. The van der Waals surface area contributed by atoms with E-state index in [0.717, 1.165) is 0 Å². The summed E-state index contributed by atoms with van der Waals surface area (Å²) in [4.78, 5) is 0. The van der Waals surface area contributed by atoms with E-state index in [1.807, 2.05) is 13.8 Å². The van der Waals surface area contributed by atoms with E-state index in [2.05, 4.69) is 0 Å². The van der Waals surface area contributed by atoms with Gasteiger partial charge in [0.15, 0.2) is 17.9 Å². The maximum atomic E-state index is 9.50. The molecule has 0 aromatic heterocycles. The molecular formula is C11H18O6. The van der Waals surface area contributed by atoms with Crippen LogP contribution in [0.2, 0.25) is 0 Å². The summed E-state index contributed by atoms with van der Waals surface area (Å²) in [6, 6.07) is 0. The van der Waals surface area contributed by atoms with Gasteiger partial charge in [-0.25, -0.2) is 0 Å². The molecule has 1 N–H and O–H groups in total. The molecule has 0 aliphatic carbocycles. The van der Waals surface area contributed by atoms with Gasteiger partial charge in [0.25, 0.3) is 0 Å². The van der Waals surface area contributed by atoms with Gasteiger partial charge in [-0.3, -0.25) is 0 Å². The van der Waals surface area contributed by atoms with E-state index in [4.69, 9.17) is 23.7 Å². The van der Waals surface area contributed by atoms with Crippen molar-refractivity contribution in [3.63, 3.8) is 0 Å². The van der Waals surface area contributed by atoms with Gasteiger partial charge >= 0.3 is 0 Å². The minimum atomic E-state index is -1.17. The molecule has 0 amide bonds. The molecule has 3 saturated heterocycles. The van der Waals surface area contributed by atoms with Gasteiger partial charge in [-0.2, -0.15) is 0 Å². The molecule has 6 nitrogen and oxygen atoms in total. The van der Waals surface area contributed by atoms with E-state index in [-0.39, 0.29) is 12.7 Å². The molecule has 0 radical (unpaired) electrons. The monoisotopic (exact) mass is 246 g/mol. The van der Waals surface area contributed by atoms with Gasteiger partial charge in [-0.05, 0) is 27.7 Å². The van der Waals surface area contributed by atoms with Gasteiger partial charge in [0.1, 0.15) is 18.8 Å². The maximum Gasteiger partial charge on any atom is 0.226 e. The summed E-state index contributed by atoms with van der Waals surface area (Å²) < 4.78 is 28.4. The van der Waals surface area contributed by atoms with E-state index >= 15 is 0 Å². The Kier molecular flexibility index (Phi) is 2.23. The minimum Gasteiger partial charge on any atom is -0.391 e. The van der Waals surface area contributed by atoms with Gasteiger partial charge in [-0.1, -0.05) is 0 Å². The van der Waals surface area contributed by atoms with Crippen LogP contribution in [-0.4, -0.2) is 47.6 Å². The van der Waals surface area contributed by atoms with Crippen LogP contribution in [0, 0.1) is 0 Å². The van der Waals surface area contributed by atoms with E-state index in [9.17, 15) is 5.11 Å². The van der Waals surface area contributed by atoms with Crippen molar-refractivity contribution in [2.75, 3.05) is 6.61 Å². The Balaban J connectivity index is 1.88. The first-order chi connectivity index (χ1) is 7.77. The normalized spacial score (nSPS) is 50.3. The van der Waals surface area contributed by atoms with Crippen molar-refractivity contribution in [1.29, 1.82) is 0 Å². The highest BCUT2D eigenvalue weighted by Gasteiger charge is 2.69. The maximum absolute atomic E-state index is 9.50. The van der Waals surface area contributed by atoms with Crippen molar-refractivity contribution in [3.8, 4) is 0 Å².